The van der Waals surface area contributed by atoms with Crippen LogP contribution in [0.2, 0.25) is 0 Å². The van der Waals surface area contributed by atoms with Crippen LogP contribution in [0.5, 0.6) is 0 Å². The number of carbonyl (C=O) groups is 2. The van der Waals surface area contributed by atoms with Crippen LogP contribution in [0.1, 0.15) is 6.92 Å². The molecule has 0 aromatic heterocycles. The number of likely N-dealkylation sites (N-methyl/N-ethyl adjacent to an activating group) is 1. The van der Waals surface area contributed by atoms with Crippen molar-refractivity contribution in [3.63, 3.8) is 0 Å². The third kappa shape index (κ3) is 5.68. The van der Waals surface area contributed by atoms with Crippen molar-refractivity contribution in [1.29, 1.82) is 0 Å². The lowest BCUT2D eigenvalue weighted by Gasteiger charge is -2.35. The number of ether oxygens (including phenoxy) is 1. The van der Waals surface area contributed by atoms with Gasteiger partial charge in [0.05, 0.1) is 19.3 Å². The third-order valence-electron chi connectivity index (χ3n) is 3.23. The number of primary amides is 1. The fourth-order valence-electron chi connectivity index (χ4n) is 2.34. The average Bonchev–Trinajstić information content (AvgIpc) is 2.37. The quantitative estimate of drug-likeness (QED) is 0.694. The zero-order valence-corrected chi connectivity index (χ0v) is 13.3. The Morgan fingerprint density at radius 2 is 2.25 bits per heavy atom. The van der Waals surface area contributed by atoms with E-state index in [2.05, 4.69) is 0 Å². The highest BCUT2D eigenvalue weighted by atomic mass is 32.2. The van der Waals surface area contributed by atoms with Crippen molar-refractivity contribution in [3.8, 4) is 0 Å². The second kappa shape index (κ2) is 8.49. The molecule has 6 nitrogen and oxygen atoms in total. The number of hydrogen-bond acceptors (Lipinski definition) is 5. The number of rotatable bonds is 7. The van der Waals surface area contributed by atoms with E-state index in [1.807, 2.05) is 30.0 Å². The molecule has 0 aromatic rings. The van der Waals surface area contributed by atoms with E-state index in [9.17, 15) is 9.59 Å². The first-order valence-corrected chi connectivity index (χ1v) is 8.19. The third-order valence-corrected chi connectivity index (χ3v) is 4.06. The number of amides is 2. The Kier molecular flexibility index (Phi) is 7.32. The van der Waals surface area contributed by atoms with E-state index in [4.69, 9.17) is 10.5 Å². The molecule has 116 valence electrons. The van der Waals surface area contributed by atoms with E-state index in [1.165, 1.54) is 0 Å². The van der Waals surface area contributed by atoms with Crippen LogP contribution in [0.4, 0.5) is 0 Å². The summed E-state index contributed by atoms with van der Waals surface area (Å²) in [6.45, 7) is 4.55. The topological polar surface area (TPSA) is 75.9 Å². The second-order valence-corrected chi connectivity index (χ2v) is 6.21. The summed E-state index contributed by atoms with van der Waals surface area (Å²) >= 11 is 1.68. The highest BCUT2D eigenvalue weighted by Gasteiger charge is 2.27. The van der Waals surface area contributed by atoms with E-state index in [0.717, 1.165) is 5.75 Å². The van der Waals surface area contributed by atoms with Crippen molar-refractivity contribution in [2.24, 2.45) is 11.7 Å². The largest absolute Gasteiger partial charge is 0.373 e. The monoisotopic (exact) mass is 303 g/mol. The summed E-state index contributed by atoms with van der Waals surface area (Å²) in [5.41, 5.74) is 5.16. The van der Waals surface area contributed by atoms with Gasteiger partial charge in [0.25, 0.3) is 0 Å². The van der Waals surface area contributed by atoms with Crippen LogP contribution in [0.3, 0.4) is 0 Å². The maximum Gasteiger partial charge on any atom is 0.231 e. The first-order valence-electron chi connectivity index (χ1n) is 6.80. The molecule has 1 saturated heterocycles. The predicted molar refractivity (Wildman–Crippen MR) is 80.6 cm³/mol. The Labute approximate surface area is 125 Å². The molecular formula is C13H25N3O3S. The standard InChI is InChI=1S/C13H25N3O3S/c1-10(9-20-3)13(18)16-4-5-19-11(7-16)6-15(2)8-12(14)17/h10-11H,4-9H2,1-3H3,(H2,14,17)/t10-,11-/m1/s1. The summed E-state index contributed by atoms with van der Waals surface area (Å²) in [5, 5.41) is 0. The van der Waals surface area contributed by atoms with Crippen molar-refractivity contribution in [3.05, 3.63) is 0 Å². The minimum atomic E-state index is -0.357. The molecule has 2 atom stereocenters. The van der Waals surface area contributed by atoms with Gasteiger partial charge in [0, 0.05) is 31.3 Å². The van der Waals surface area contributed by atoms with Gasteiger partial charge in [0.1, 0.15) is 0 Å². The maximum atomic E-state index is 12.3. The van der Waals surface area contributed by atoms with Gasteiger partial charge in [-0.25, -0.2) is 0 Å². The van der Waals surface area contributed by atoms with E-state index >= 15 is 0 Å². The average molecular weight is 303 g/mol. The zero-order valence-electron chi connectivity index (χ0n) is 12.5. The van der Waals surface area contributed by atoms with Gasteiger partial charge in [-0.3, -0.25) is 14.5 Å². The number of nitrogens with two attached hydrogens (primary N) is 1. The molecule has 0 spiro atoms. The molecule has 0 saturated carbocycles. The summed E-state index contributed by atoms with van der Waals surface area (Å²) in [6.07, 6.45) is 1.95. The van der Waals surface area contributed by atoms with E-state index < -0.39 is 0 Å². The Bertz CT molecular complexity index is 341. The smallest absolute Gasteiger partial charge is 0.231 e. The van der Waals surface area contributed by atoms with Gasteiger partial charge in [0.2, 0.25) is 11.8 Å². The van der Waals surface area contributed by atoms with E-state index in [1.54, 1.807) is 11.8 Å². The highest BCUT2D eigenvalue weighted by molar-refractivity contribution is 7.98. The molecule has 2 N–H and O–H groups in total. The minimum absolute atomic E-state index is 0.0344. The molecule has 0 radical (unpaired) electrons. The number of thioether (sulfide) groups is 1. The van der Waals surface area contributed by atoms with E-state index in [0.29, 0.717) is 26.2 Å². The van der Waals surface area contributed by atoms with Crippen LogP contribution in [0.25, 0.3) is 0 Å². The molecule has 0 aliphatic carbocycles. The first kappa shape index (κ1) is 17.3. The lowest BCUT2D eigenvalue weighted by atomic mass is 10.1. The molecule has 20 heavy (non-hydrogen) atoms. The Hall–Kier alpha value is -0.790. The lowest BCUT2D eigenvalue weighted by molar-refractivity contribution is -0.142. The highest BCUT2D eigenvalue weighted by Crippen LogP contribution is 2.13. The molecular weight excluding hydrogens is 278 g/mol. The SMILES string of the molecule is CSC[C@@H](C)C(=O)N1CCO[C@H](CN(C)CC(N)=O)C1. The molecule has 1 aliphatic heterocycles. The van der Waals surface area contributed by atoms with Crippen LogP contribution < -0.4 is 5.73 Å². The van der Waals surface area contributed by atoms with Gasteiger partial charge in [-0.1, -0.05) is 6.92 Å². The van der Waals surface area contributed by atoms with Crippen LogP contribution >= 0.6 is 11.8 Å². The van der Waals surface area contributed by atoms with Crippen molar-refractivity contribution in [2.45, 2.75) is 13.0 Å². The van der Waals surface area contributed by atoms with Crippen molar-refractivity contribution in [2.75, 3.05) is 51.8 Å². The maximum absolute atomic E-state index is 12.3. The molecule has 0 unspecified atom stereocenters. The van der Waals surface area contributed by atoms with Crippen LogP contribution in [-0.2, 0) is 14.3 Å². The van der Waals surface area contributed by atoms with Gasteiger partial charge >= 0.3 is 0 Å². The van der Waals surface area contributed by atoms with Gasteiger partial charge < -0.3 is 15.4 Å². The zero-order chi connectivity index (χ0) is 15.1. The van der Waals surface area contributed by atoms with Crippen LogP contribution in [0, 0.1) is 5.92 Å². The van der Waals surface area contributed by atoms with Gasteiger partial charge in [-0.2, -0.15) is 11.8 Å². The normalized spacial score (nSPS) is 21.0. The van der Waals surface area contributed by atoms with E-state index in [-0.39, 0.29) is 30.4 Å². The summed E-state index contributed by atoms with van der Waals surface area (Å²) in [7, 11) is 1.82. The number of nitrogens with zero attached hydrogens (tertiary/aromatic N) is 2. The number of hydrogen-bond donors (Lipinski definition) is 1. The number of morpholine rings is 1. The lowest BCUT2D eigenvalue weighted by Crippen LogP contribution is -2.51. The Balaban J connectivity index is 2.45. The summed E-state index contributed by atoms with van der Waals surface area (Å²) < 4.78 is 5.66. The summed E-state index contributed by atoms with van der Waals surface area (Å²) in [4.78, 5) is 26.8. The number of carbonyl (C=O) groups excluding carboxylic acids is 2. The summed E-state index contributed by atoms with van der Waals surface area (Å²) in [6, 6.07) is 0. The van der Waals surface area contributed by atoms with Crippen molar-refractivity contribution < 1.29 is 14.3 Å². The molecule has 2 amide bonds. The van der Waals surface area contributed by atoms with Gasteiger partial charge in [-0.05, 0) is 13.3 Å². The molecule has 1 rings (SSSR count). The predicted octanol–water partition coefficient (Wildman–Crippen LogP) is -0.370. The Morgan fingerprint density at radius 1 is 1.55 bits per heavy atom. The Morgan fingerprint density at radius 3 is 2.85 bits per heavy atom. The molecule has 1 aliphatic rings. The fourth-order valence-corrected chi connectivity index (χ4v) is 2.98. The molecule has 0 bridgehead atoms. The van der Waals surface area contributed by atoms with Crippen LogP contribution in [0.15, 0.2) is 0 Å². The molecule has 1 fully saturated rings. The molecule has 7 heteroatoms. The van der Waals surface area contributed by atoms with Crippen molar-refractivity contribution in [1.82, 2.24) is 9.80 Å². The van der Waals surface area contributed by atoms with Gasteiger partial charge in [0.15, 0.2) is 0 Å². The van der Waals surface area contributed by atoms with Gasteiger partial charge in [-0.15, -0.1) is 0 Å². The summed E-state index contributed by atoms with van der Waals surface area (Å²) in [5.74, 6) is 0.699. The molecule has 0 aromatic carbocycles. The second-order valence-electron chi connectivity index (χ2n) is 5.30. The molecule has 1 heterocycles. The fraction of sp³-hybridized carbons (Fsp3) is 0.846. The van der Waals surface area contributed by atoms with Crippen molar-refractivity contribution >= 4 is 23.6 Å². The minimum Gasteiger partial charge on any atom is -0.373 e. The first-order chi connectivity index (χ1) is 9.43. The van der Waals surface area contributed by atoms with Crippen LogP contribution in [-0.4, -0.2) is 79.6 Å².